The molecule has 3 N–H and O–H groups in total. The fourth-order valence-corrected chi connectivity index (χ4v) is 3.52. The number of nitrogens with one attached hydrogen (secondary N) is 2. The lowest BCUT2D eigenvalue weighted by Crippen LogP contribution is -2.31. The van der Waals surface area contributed by atoms with Crippen molar-refractivity contribution in [3.05, 3.63) is 70.4 Å². The van der Waals surface area contributed by atoms with Crippen LogP contribution in [0.2, 0.25) is 0 Å². The highest BCUT2D eigenvalue weighted by molar-refractivity contribution is 6.11. The number of aliphatic hydroxyl groups excluding tert-OH is 1. The Morgan fingerprint density at radius 2 is 1.81 bits per heavy atom. The van der Waals surface area contributed by atoms with E-state index in [1.54, 1.807) is 24.3 Å². The second-order valence-corrected chi connectivity index (χ2v) is 7.30. The second kappa shape index (κ2) is 9.44. The number of hydrogen-bond donors (Lipinski definition) is 3. The van der Waals surface area contributed by atoms with Gasteiger partial charge < -0.3 is 25.4 Å². The van der Waals surface area contributed by atoms with E-state index < -0.39 is 11.9 Å². The minimum atomic E-state index is -0.645. The van der Waals surface area contributed by atoms with Crippen molar-refractivity contribution < 1.29 is 24.2 Å². The van der Waals surface area contributed by atoms with Gasteiger partial charge in [0, 0.05) is 12.2 Å². The minimum absolute atomic E-state index is 0.0192. The van der Waals surface area contributed by atoms with Gasteiger partial charge in [0.1, 0.15) is 5.70 Å². The summed E-state index contributed by atoms with van der Waals surface area (Å²) in [5, 5.41) is 15.0. The number of β-amino-alcohol motifs (C(OH)–C–C–N with tert-alkyl or cyclic N) is 1. The predicted octanol–water partition coefficient (Wildman–Crippen LogP) is 2.23. The van der Waals surface area contributed by atoms with Gasteiger partial charge in [-0.3, -0.25) is 9.59 Å². The molecule has 1 aliphatic rings. The molecule has 2 amide bonds. The van der Waals surface area contributed by atoms with Crippen molar-refractivity contribution in [2.75, 3.05) is 37.4 Å². The van der Waals surface area contributed by atoms with Crippen molar-refractivity contribution in [1.82, 2.24) is 4.90 Å². The number of aryl methyl sites for hydroxylation is 2. The van der Waals surface area contributed by atoms with E-state index in [2.05, 4.69) is 10.6 Å². The maximum Gasteiger partial charge on any atom is 0.337 e. The molecule has 0 fully saturated rings. The van der Waals surface area contributed by atoms with E-state index in [-0.39, 0.29) is 36.9 Å². The quantitative estimate of drug-likeness (QED) is 0.590. The lowest BCUT2D eigenvalue weighted by atomic mass is 10.1. The van der Waals surface area contributed by atoms with Crippen LogP contribution >= 0.6 is 0 Å². The molecule has 0 unspecified atom stereocenters. The lowest BCUT2D eigenvalue weighted by molar-refractivity contribution is -0.136. The third-order valence-electron chi connectivity index (χ3n) is 4.86. The third-order valence-corrected chi connectivity index (χ3v) is 4.86. The van der Waals surface area contributed by atoms with Crippen LogP contribution in [-0.4, -0.2) is 54.6 Å². The van der Waals surface area contributed by atoms with Gasteiger partial charge in [-0.15, -0.1) is 0 Å². The number of benzene rings is 2. The number of esters is 1. The van der Waals surface area contributed by atoms with E-state index in [0.717, 1.165) is 11.1 Å². The van der Waals surface area contributed by atoms with Crippen LogP contribution in [0.3, 0.4) is 0 Å². The Morgan fingerprint density at radius 1 is 1.13 bits per heavy atom. The van der Waals surface area contributed by atoms with Gasteiger partial charge in [0.25, 0.3) is 11.8 Å². The first-order valence-corrected chi connectivity index (χ1v) is 9.81. The molecule has 1 aliphatic heterocycles. The SMILES string of the molecule is COC(=O)C1=C(Nc2ccccc2C(=O)Nc2cc(C)cc(C)c2)C(=O)N(CCO)C1. The van der Waals surface area contributed by atoms with Crippen molar-refractivity contribution in [2.45, 2.75) is 13.8 Å². The third kappa shape index (κ3) is 4.92. The molecule has 2 aromatic rings. The largest absolute Gasteiger partial charge is 0.466 e. The first-order chi connectivity index (χ1) is 14.8. The summed E-state index contributed by atoms with van der Waals surface area (Å²) < 4.78 is 4.80. The summed E-state index contributed by atoms with van der Waals surface area (Å²) in [7, 11) is 1.23. The lowest BCUT2D eigenvalue weighted by Gasteiger charge is -2.16. The molecule has 3 rings (SSSR count). The van der Waals surface area contributed by atoms with Crippen LogP contribution < -0.4 is 10.6 Å². The summed E-state index contributed by atoms with van der Waals surface area (Å²) in [6.45, 7) is 3.76. The predicted molar refractivity (Wildman–Crippen MR) is 117 cm³/mol. The molecule has 2 aromatic carbocycles. The number of hydrogen-bond acceptors (Lipinski definition) is 6. The van der Waals surface area contributed by atoms with Gasteiger partial charge in [-0.05, 0) is 49.2 Å². The number of ether oxygens (including phenoxy) is 1. The average molecular weight is 423 g/mol. The van der Waals surface area contributed by atoms with Gasteiger partial charge in [-0.2, -0.15) is 0 Å². The molecule has 0 saturated heterocycles. The molecular weight excluding hydrogens is 398 g/mol. The van der Waals surface area contributed by atoms with E-state index in [1.807, 2.05) is 32.0 Å². The minimum Gasteiger partial charge on any atom is -0.466 e. The van der Waals surface area contributed by atoms with Gasteiger partial charge in [-0.25, -0.2) is 4.79 Å². The Bertz CT molecular complexity index is 1040. The first-order valence-electron chi connectivity index (χ1n) is 9.81. The van der Waals surface area contributed by atoms with E-state index in [9.17, 15) is 19.5 Å². The summed E-state index contributed by atoms with van der Waals surface area (Å²) in [6.07, 6.45) is 0. The van der Waals surface area contributed by atoms with Crippen molar-refractivity contribution in [3.8, 4) is 0 Å². The summed E-state index contributed by atoms with van der Waals surface area (Å²) in [5.41, 5.74) is 3.58. The molecule has 0 atom stereocenters. The molecule has 8 nitrogen and oxygen atoms in total. The van der Waals surface area contributed by atoms with Crippen molar-refractivity contribution in [2.24, 2.45) is 0 Å². The van der Waals surface area contributed by atoms with Gasteiger partial charge in [0.2, 0.25) is 0 Å². The van der Waals surface area contributed by atoms with E-state index in [0.29, 0.717) is 16.9 Å². The zero-order chi connectivity index (χ0) is 22.5. The number of methoxy groups -OCH3 is 1. The number of rotatable bonds is 7. The summed E-state index contributed by atoms with van der Waals surface area (Å²) in [4.78, 5) is 39.3. The molecule has 0 spiro atoms. The number of amides is 2. The standard InChI is InChI=1S/C23H25N3O5/c1-14-10-15(2)12-16(11-14)24-21(28)17-6-4-5-7-19(17)25-20-18(23(30)31-3)13-26(8-9-27)22(20)29/h4-7,10-12,25,27H,8-9,13H2,1-3H3,(H,24,28). The molecule has 162 valence electrons. The monoisotopic (exact) mass is 423 g/mol. The Labute approximate surface area is 180 Å². The topological polar surface area (TPSA) is 108 Å². The fraction of sp³-hybridized carbons (Fsp3) is 0.261. The number of aliphatic hydroxyl groups is 1. The molecule has 0 aliphatic carbocycles. The molecule has 8 heteroatoms. The zero-order valence-corrected chi connectivity index (χ0v) is 17.7. The highest BCUT2D eigenvalue weighted by Crippen LogP contribution is 2.25. The van der Waals surface area contributed by atoms with Crippen LogP contribution in [-0.2, 0) is 14.3 Å². The Kier molecular flexibility index (Phi) is 6.71. The highest BCUT2D eigenvalue weighted by atomic mass is 16.5. The van der Waals surface area contributed by atoms with Crippen molar-refractivity contribution in [1.29, 1.82) is 0 Å². The van der Waals surface area contributed by atoms with Crippen molar-refractivity contribution >= 4 is 29.2 Å². The summed E-state index contributed by atoms with van der Waals surface area (Å²) >= 11 is 0. The van der Waals surface area contributed by atoms with Gasteiger partial charge in [0.05, 0.1) is 37.1 Å². The van der Waals surface area contributed by atoms with Crippen LogP contribution in [0, 0.1) is 13.8 Å². The Morgan fingerprint density at radius 3 is 2.45 bits per heavy atom. The maximum absolute atomic E-state index is 13.0. The van der Waals surface area contributed by atoms with Crippen molar-refractivity contribution in [3.63, 3.8) is 0 Å². The highest BCUT2D eigenvalue weighted by Gasteiger charge is 2.34. The van der Waals surface area contributed by atoms with E-state index >= 15 is 0 Å². The van der Waals surface area contributed by atoms with Crippen LogP contribution in [0.1, 0.15) is 21.5 Å². The van der Waals surface area contributed by atoms with Gasteiger partial charge in [0.15, 0.2) is 0 Å². The van der Waals surface area contributed by atoms with E-state index in [4.69, 9.17) is 4.74 Å². The normalized spacial score (nSPS) is 13.4. The van der Waals surface area contributed by atoms with Crippen LogP contribution in [0.4, 0.5) is 11.4 Å². The second-order valence-electron chi connectivity index (χ2n) is 7.30. The molecule has 0 bridgehead atoms. The Hall–Kier alpha value is -3.65. The number of anilines is 2. The molecule has 0 aromatic heterocycles. The number of carbonyl (C=O) groups is 3. The Balaban J connectivity index is 1.91. The smallest absolute Gasteiger partial charge is 0.337 e. The molecule has 0 saturated carbocycles. The van der Waals surface area contributed by atoms with Crippen LogP contribution in [0.15, 0.2) is 53.7 Å². The van der Waals surface area contributed by atoms with Crippen LogP contribution in [0.25, 0.3) is 0 Å². The average Bonchev–Trinajstić information content (AvgIpc) is 3.03. The molecule has 31 heavy (non-hydrogen) atoms. The maximum atomic E-state index is 13.0. The summed E-state index contributed by atoms with van der Waals surface area (Å²) in [5.74, 6) is -1.45. The zero-order valence-electron chi connectivity index (χ0n) is 17.7. The summed E-state index contributed by atoms with van der Waals surface area (Å²) in [6, 6.07) is 12.5. The molecular formula is C23H25N3O5. The fourth-order valence-electron chi connectivity index (χ4n) is 3.52. The van der Waals surface area contributed by atoms with E-state index in [1.165, 1.54) is 12.0 Å². The molecule has 0 radical (unpaired) electrons. The van der Waals surface area contributed by atoms with Gasteiger partial charge >= 0.3 is 5.97 Å². The number of para-hydroxylation sites is 1. The van der Waals surface area contributed by atoms with Crippen LogP contribution in [0.5, 0.6) is 0 Å². The number of nitrogens with zero attached hydrogens (tertiary/aromatic N) is 1. The van der Waals surface area contributed by atoms with Gasteiger partial charge in [-0.1, -0.05) is 18.2 Å². The molecule has 1 heterocycles. The first kappa shape index (κ1) is 22.0. The number of carbonyl (C=O) groups excluding carboxylic acids is 3.